The minimum atomic E-state index is -0.467. The van der Waals surface area contributed by atoms with Crippen molar-refractivity contribution in [1.29, 1.82) is 0 Å². The van der Waals surface area contributed by atoms with E-state index in [0.29, 0.717) is 36.2 Å². The van der Waals surface area contributed by atoms with Gasteiger partial charge in [-0.2, -0.15) is 0 Å². The van der Waals surface area contributed by atoms with Gasteiger partial charge in [-0.05, 0) is 24.3 Å². The minimum Gasteiger partial charge on any atom is -0.490 e. The number of fused-ring (bicyclic) bond motifs is 2. The molecule has 3 aromatic rings. The van der Waals surface area contributed by atoms with Crippen molar-refractivity contribution in [2.75, 3.05) is 18.5 Å². The number of halogens is 3. The highest BCUT2D eigenvalue weighted by Gasteiger charge is 2.15. The van der Waals surface area contributed by atoms with Crippen molar-refractivity contribution in [3.63, 3.8) is 0 Å². The molecule has 5 nitrogen and oxygen atoms in total. The molecule has 1 aliphatic rings. The van der Waals surface area contributed by atoms with Gasteiger partial charge in [0.15, 0.2) is 11.5 Å². The van der Waals surface area contributed by atoms with Gasteiger partial charge in [-0.1, -0.05) is 11.6 Å². The minimum absolute atomic E-state index is 0. The molecule has 0 saturated carbocycles. The summed E-state index contributed by atoms with van der Waals surface area (Å²) < 4.78 is 24.7. The van der Waals surface area contributed by atoms with Gasteiger partial charge < -0.3 is 14.8 Å². The summed E-state index contributed by atoms with van der Waals surface area (Å²) in [4.78, 5) is 8.55. The number of hydrogen-bond acceptors (Lipinski definition) is 5. The van der Waals surface area contributed by atoms with Gasteiger partial charge in [-0.15, -0.1) is 12.4 Å². The molecule has 0 atom stereocenters. The zero-order valence-electron chi connectivity index (χ0n) is 13.0. The smallest absolute Gasteiger partial charge is 0.163 e. The number of nitrogens with one attached hydrogen (secondary N) is 1. The maximum atomic E-state index is 13.3. The fourth-order valence-electron chi connectivity index (χ4n) is 2.52. The Bertz CT molecular complexity index is 924. The molecule has 1 aromatic heterocycles. The van der Waals surface area contributed by atoms with E-state index in [4.69, 9.17) is 21.1 Å². The van der Waals surface area contributed by atoms with Gasteiger partial charge in [0.25, 0.3) is 0 Å². The lowest BCUT2D eigenvalue weighted by Crippen LogP contribution is -1.98. The summed E-state index contributed by atoms with van der Waals surface area (Å²) in [6.07, 6.45) is 2.29. The third-order valence-corrected chi connectivity index (χ3v) is 3.98. The summed E-state index contributed by atoms with van der Waals surface area (Å²) >= 11 is 5.83. The van der Waals surface area contributed by atoms with Crippen LogP contribution >= 0.6 is 24.0 Å². The largest absolute Gasteiger partial charge is 0.490 e. The molecule has 130 valence electrons. The molecule has 2 aromatic carbocycles. The molecule has 8 heteroatoms. The fraction of sp³-hybridized carbons (Fsp3) is 0.176. The second-order valence-corrected chi connectivity index (χ2v) is 5.75. The van der Waals surface area contributed by atoms with Crippen molar-refractivity contribution in [3.05, 3.63) is 47.5 Å². The van der Waals surface area contributed by atoms with E-state index in [-0.39, 0.29) is 17.4 Å². The lowest BCUT2D eigenvalue weighted by atomic mass is 10.2. The van der Waals surface area contributed by atoms with Crippen LogP contribution in [0, 0.1) is 5.82 Å². The molecule has 2 heterocycles. The number of hydrogen-bond donors (Lipinski definition) is 1. The maximum Gasteiger partial charge on any atom is 0.163 e. The van der Waals surface area contributed by atoms with Crippen LogP contribution in [-0.2, 0) is 0 Å². The standard InChI is InChI=1S/C17H13ClFN3O2.ClH/c18-12-6-10(2-3-13(12)19)22-17-11-7-15-16(24-5-1-4-23-15)8-14(11)20-9-21-17;/h2-3,6-9H,1,4-5H2,(H,20,21,22);1H. The average molecular weight is 382 g/mol. The average Bonchev–Trinajstić information content (AvgIpc) is 2.81. The van der Waals surface area contributed by atoms with E-state index in [1.807, 2.05) is 12.1 Å². The Morgan fingerprint density at radius 2 is 1.80 bits per heavy atom. The van der Waals surface area contributed by atoms with Crippen molar-refractivity contribution in [2.45, 2.75) is 6.42 Å². The van der Waals surface area contributed by atoms with Crippen molar-refractivity contribution in [3.8, 4) is 11.5 Å². The van der Waals surface area contributed by atoms with Crippen LogP contribution in [0.3, 0.4) is 0 Å². The van der Waals surface area contributed by atoms with E-state index in [9.17, 15) is 4.39 Å². The summed E-state index contributed by atoms with van der Waals surface area (Å²) in [5.74, 6) is 1.45. The van der Waals surface area contributed by atoms with E-state index in [2.05, 4.69) is 15.3 Å². The zero-order valence-corrected chi connectivity index (χ0v) is 14.5. The molecular formula is C17H14Cl2FN3O2. The van der Waals surface area contributed by atoms with E-state index in [1.165, 1.54) is 18.5 Å². The van der Waals surface area contributed by atoms with Crippen molar-refractivity contribution in [1.82, 2.24) is 9.97 Å². The Morgan fingerprint density at radius 3 is 2.56 bits per heavy atom. The highest BCUT2D eigenvalue weighted by molar-refractivity contribution is 6.31. The van der Waals surface area contributed by atoms with Crippen LogP contribution in [0.15, 0.2) is 36.7 Å². The van der Waals surface area contributed by atoms with Gasteiger partial charge in [-0.25, -0.2) is 14.4 Å². The molecule has 4 rings (SSSR count). The molecule has 1 N–H and O–H groups in total. The van der Waals surface area contributed by atoms with Crippen LogP contribution in [0.4, 0.5) is 15.9 Å². The summed E-state index contributed by atoms with van der Waals surface area (Å²) in [7, 11) is 0. The molecule has 0 spiro atoms. The molecular weight excluding hydrogens is 368 g/mol. The summed E-state index contributed by atoms with van der Waals surface area (Å²) in [6, 6.07) is 8.09. The first-order chi connectivity index (χ1) is 11.7. The quantitative estimate of drug-likeness (QED) is 0.693. The van der Waals surface area contributed by atoms with Crippen LogP contribution in [0.5, 0.6) is 11.5 Å². The molecule has 1 aliphatic heterocycles. The second kappa shape index (κ2) is 7.29. The summed E-state index contributed by atoms with van der Waals surface area (Å²) in [5.41, 5.74) is 1.36. The Balaban J connectivity index is 0.00000182. The molecule has 25 heavy (non-hydrogen) atoms. The summed E-state index contributed by atoms with van der Waals surface area (Å²) in [6.45, 7) is 1.21. The topological polar surface area (TPSA) is 56.3 Å². The Morgan fingerprint density at radius 1 is 1.04 bits per heavy atom. The van der Waals surface area contributed by atoms with Gasteiger partial charge in [0.05, 0.1) is 23.8 Å². The predicted octanol–water partition coefficient (Wildman–Crippen LogP) is 4.75. The number of rotatable bonds is 2. The van der Waals surface area contributed by atoms with E-state index in [1.54, 1.807) is 6.07 Å². The third-order valence-electron chi connectivity index (χ3n) is 3.69. The Hall–Kier alpha value is -2.31. The van der Waals surface area contributed by atoms with E-state index >= 15 is 0 Å². The lowest BCUT2D eigenvalue weighted by molar-refractivity contribution is 0.297. The van der Waals surface area contributed by atoms with Gasteiger partial charge in [-0.3, -0.25) is 0 Å². The first-order valence-electron chi connectivity index (χ1n) is 7.47. The van der Waals surface area contributed by atoms with Crippen molar-refractivity contribution in [2.24, 2.45) is 0 Å². The number of ether oxygens (including phenoxy) is 2. The number of benzene rings is 2. The maximum absolute atomic E-state index is 13.3. The number of aromatic nitrogens is 2. The van der Waals surface area contributed by atoms with Gasteiger partial charge >= 0.3 is 0 Å². The summed E-state index contributed by atoms with van der Waals surface area (Å²) in [5, 5.41) is 3.96. The van der Waals surface area contributed by atoms with Crippen molar-refractivity contribution < 1.29 is 13.9 Å². The van der Waals surface area contributed by atoms with Gasteiger partial charge in [0.1, 0.15) is 18.0 Å². The SMILES string of the molecule is Cl.Fc1ccc(Nc2ncnc3cc4c(cc23)OCCCO4)cc1Cl. The molecule has 0 amide bonds. The van der Waals surface area contributed by atoms with Crippen LogP contribution < -0.4 is 14.8 Å². The molecule has 0 fully saturated rings. The number of anilines is 2. The first-order valence-corrected chi connectivity index (χ1v) is 7.85. The second-order valence-electron chi connectivity index (χ2n) is 5.34. The molecule has 0 aliphatic carbocycles. The molecule has 0 saturated heterocycles. The lowest BCUT2D eigenvalue weighted by Gasteiger charge is -2.12. The molecule has 0 bridgehead atoms. The van der Waals surface area contributed by atoms with Crippen LogP contribution in [0.2, 0.25) is 5.02 Å². The highest BCUT2D eigenvalue weighted by atomic mass is 35.5. The predicted molar refractivity (Wildman–Crippen MR) is 97.1 cm³/mol. The van der Waals surface area contributed by atoms with Gasteiger partial charge in [0.2, 0.25) is 0 Å². The van der Waals surface area contributed by atoms with E-state index < -0.39 is 5.82 Å². The fourth-order valence-corrected chi connectivity index (χ4v) is 2.70. The van der Waals surface area contributed by atoms with Crippen LogP contribution in [0.25, 0.3) is 10.9 Å². The number of nitrogens with zero attached hydrogens (tertiary/aromatic N) is 2. The Kier molecular flexibility index (Phi) is 5.11. The Labute approximate surface area is 154 Å². The monoisotopic (exact) mass is 381 g/mol. The van der Waals surface area contributed by atoms with Crippen molar-refractivity contribution >= 4 is 46.4 Å². The molecule has 0 radical (unpaired) electrons. The van der Waals surface area contributed by atoms with Gasteiger partial charge in [0, 0.05) is 23.6 Å². The van der Waals surface area contributed by atoms with Crippen LogP contribution in [0.1, 0.15) is 6.42 Å². The molecule has 0 unspecified atom stereocenters. The first kappa shape index (κ1) is 17.5. The highest BCUT2D eigenvalue weighted by Crippen LogP contribution is 2.36. The third kappa shape index (κ3) is 3.55. The van der Waals surface area contributed by atoms with E-state index in [0.717, 1.165) is 17.3 Å². The zero-order chi connectivity index (χ0) is 16.5. The van der Waals surface area contributed by atoms with Crippen LogP contribution in [-0.4, -0.2) is 23.2 Å². The normalized spacial score (nSPS) is 13.0.